The second-order valence-corrected chi connectivity index (χ2v) is 3.53. The summed E-state index contributed by atoms with van der Waals surface area (Å²) in [6.45, 7) is 0. The second kappa shape index (κ2) is 4.93. The molecule has 0 bridgehead atoms. The highest BCUT2D eigenvalue weighted by Crippen LogP contribution is 2.43. The maximum absolute atomic E-state index is 10.8. The number of benzene rings is 1. The number of hydrogen-bond acceptors (Lipinski definition) is 5. The predicted octanol–water partition coefficient (Wildman–Crippen LogP) is 2.19. The lowest BCUT2D eigenvalue weighted by atomic mass is 10.1. The third-order valence-electron chi connectivity index (χ3n) is 1.92. The van der Waals surface area contributed by atoms with E-state index in [4.69, 9.17) is 9.47 Å². The molecule has 7 heteroatoms. The zero-order valence-corrected chi connectivity index (χ0v) is 10.1. The first-order valence-corrected chi connectivity index (χ1v) is 4.90. The van der Waals surface area contributed by atoms with Gasteiger partial charge >= 0.3 is 0 Å². The summed E-state index contributed by atoms with van der Waals surface area (Å²) in [5.41, 5.74) is -0.415. The maximum atomic E-state index is 10.8. The molecule has 0 saturated heterocycles. The Labute approximate surface area is 99.4 Å². The Morgan fingerprint density at radius 3 is 2.44 bits per heavy atom. The molecule has 16 heavy (non-hydrogen) atoms. The average molecular weight is 290 g/mol. The summed E-state index contributed by atoms with van der Waals surface area (Å²) in [4.78, 5) is 20.9. The molecule has 0 N–H and O–H groups in total. The lowest BCUT2D eigenvalue weighted by Gasteiger charge is -2.10. The van der Waals surface area contributed by atoms with Crippen molar-refractivity contribution < 1.29 is 19.2 Å². The highest BCUT2D eigenvalue weighted by molar-refractivity contribution is 9.10. The third-order valence-corrected chi connectivity index (χ3v) is 2.66. The molecule has 0 aliphatic heterocycles. The monoisotopic (exact) mass is 289 g/mol. The number of carbonyl (C=O) groups is 1. The number of halogens is 1. The molecule has 0 spiro atoms. The number of nitrogens with zero attached hydrogens (tertiary/aromatic N) is 1. The molecule has 0 fully saturated rings. The Bertz CT molecular complexity index is 446. The van der Waals surface area contributed by atoms with Crippen LogP contribution in [-0.4, -0.2) is 25.4 Å². The van der Waals surface area contributed by atoms with E-state index in [0.29, 0.717) is 6.29 Å². The molecule has 0 radical (unpaired) electrons. The predicted molar refractivity (Wildman–Crippen MR) is 59.3 cm³/mol. The van der Waals surface area contributed by atoms with Gasteiger partial charge in [0.05, 0.1) is 24.7 Å². The van der Waals surface area contributed by atoms with Gasteiger partial charge in [0.2, 0.25) is 0 Å². The van der Waals surface area contributed by atoms with E-state index in [9.17, 15) is 14.9 Å². The quantitative estimate of drug-likeness (QED) is 0.482. The fourth-order valence-corrected chi connectivity index (χ4v) is 1.97. The molecular weight excluding hydrogens is 282 g/mol. The zero-order chi connectivity index (χ0) is 12.3. The van der Waals surface area contributed by atoms with Crippen LogP contribution >= 0.6 is 15.9 Å². The summed E-state index contributed by atoms with van der Waals surface area (Å²) < 4.78 is 10.0. The number of nitro groups is 1. The summed E-state index contributed by atoms with van der Waals surface area (Å²) in [6, 6.07) is 1.26. The average Bonchev–Trinajstić information content (AvgIpc) is 2.26. The Kier molecular flexibility index (Phi) is 3.83. The number of aldehydes is 1. The third kappa shape index (κ3) is 1.99. The summed E-state index contributed by atoms with van der Waals surface area (Å²) in [5.74, 6) is 0.432. The molecule has 0 aliphatic carbocycles. The molecular formula is C9H8BrNO5. The lowest BCUT2D eigenvalue weighted by Crippen LogP contribution is -2.00. The number of carbonyl (C=O) groups excluding carboxylic acids is 1. The van der Waals surface area contributed by atoms with Crippen molar-refractivity contribution in [2.75, 3.05) is 14.2 Å². The molecule has 0 amide bonds. The van der Waals surface area contributed by atoms with Gasteiger partial charge in [0, 0.05) is 6.07 Å². The summed E-state index contributed by atoms with van der Waals surface area (Å²) >= 11 is 3.02. The summed E-state index contributed by atoms with van der Waals surface area (Å²) in [5, 5.41) is 10.8. The molecule has 86 valence electrons. The van der Waals surface area contributed by atoms with Crippen LogP contribution in [0.3, 0.4) is 0 Å². The lowest BCUT2D eigenvalue weighted by molar-refractivity contribution is -0.385. The van der Waals surface area contributed by atoms with E-state index in [2.05, 4.69) is 15.9 Å². The van der Waals surface area contributed by atoms with Gasteiger partial charge in [0.15, 0.2) is 17.8 Å². The summed E-state index contributed by atoms with van der Waals surface area (Å²) in [6.07, 6.45) is 0.394. The van der Waals surface area contributed by atoms with Gasteiger partial charge in [-0.05, 0) is 15.9 Å². The van der Waals surface area contributed by atoms with Crippen molar-refractivity contribution in [1.82, 2.24) is 0 Å². The van der Waals surface area contributed by atoms with Gasteiger partial charge in [0.1, 0.15) is 4.47 Å². The van der Waals surface area contributed by atoms with E-state index in [-0.39, 0.29) is 27.2 Å². The van der Waals surface area contributed by atoms with Crippen molar-refractivity contribution in [3.05, 3.63) is 26.2 Å². The topological polar surface area (TPSA) is 78.7 Å². The van der Waals surface area contributed by atoms with Crippen molar-refractivity contribution in [3.63, 3.8) is 0 Å². The molecule has 0 saturated carbocycles. The van der Waals surface area contributed by atoms with Crippen LogP contribution in [0.5, 0.6) is 11.5 Å². The van der Waals surface area contributed by atoms with Gasteiger partial charge in [-0.15, -0.1) is 0 Å². The van der Waals surface area contributed by atoms with E-state index in [0.717, 1.165) is 0 Å². The number of methoxy groups -OCH3 is 2. The highest BCUT2D eigenvalue weighted by atomic mass is 79.9. The van der Waals surface area contributed by atoms with Crippen molar-refractivity contribution >= 4 is 27.9 Å². The van der Waals surface area contributed by atoms with Crippen LogP contribution in [0, 0.1) is 10.1 Å². The van der Waals surface area contributed by atoms with Crippen LogP contribution in [0.15, 0.2) is 10.5 Å². The fourth-order valence-electron chi connectivity index (χ4n) is 1.23. The number of ether oxygens (including phenoxy) is 2. The van der Waals surface area contributed by atoms with Crippen molar-refractivity contribution in [3.8, 4) is 11.5 Å². The number of hydrogen-bond donors (Lipinski definition) is 0. The Morgan fingerprint density at radius 1 is 1.44 bits per heavy atom. The molecule has 0 atom stereocenters. The zero-order valence-electron chi connectivity index (χ0n) is 8.52. The van der Waals surface area contributed by atoms with Crippen molar-refractivity contribution in [2.24, 2.45) is 0 Å². The molecule has 6 nitrogen and oxygen atoms in total. The largest absolute Gasteiger partial charge is 0.493 e. The molecule has 1 rings (SSSR count). The van der Waals surface area contributed by atoms with Crippen LogP contribution in [0.1, 0.15) is 10.4 Å². The molecule has 0 aromatic heterocycles. The first-order chi connectivity index (χ1) is 7.56. The Morgan fingerprint density at radius 2 is 2.06 bits per heavy atom. The number of rotatable bonds is 4. The van der Waals surface area contributed by atoms with E-state index < -0.39 is 4.92 Å². The van der Waals surface area contributed by atoms with Crippen LogP contribution in [-0.2, 0) is 0 Å². The first kappa shape index (κ1) is 12.4. The highest BCUT2D eigenvalue weighted by Gasteiger charge is 2.25. The van der Waals surface area contributed by atoms with E-state index in [1.807, 2.05) is 0 Å². The minimum Gasteiger partial charge on any atom is -0.493 e. The number of nitro benzene ring substituents is 1. The summed E-state index contributed by atoms with van der Waals surface area (Å²) in [7, 11) is 2.73. The van der Waals surface area contributed by atoms with Crippen LogP contribution < -0.4 is 9.47 Å². The van der Waals surface area contributed by atoms with Crippen molar-refractivity contribution in [2.45, 2.75) is 0 Å². The molecule has 0 heterocycles. The minimum atomic E-state index is -0.657. The normalized spacial score (nSPS) is 9.69. The van der Waals surface area contributed by atoms with Crippen LogP contribution in [0.2, 0.25) is 0 Å². The fraction of sp³-hybridized carbons (Fsp3) is 0.222. The SMILES string of the molecule is COc1cc(C=O)c([N+](=O)[O-])c(Br)c1OC. The van der Waals surface area contributed by atoms with E-state index >= 15 is 0 Å². The molecule has 0 unspecified atom stereocenters. The van der Waals surface area contributed by atoms with Crippen LogP contribution in [0.4, 0.5) is 5.69 Å². The van der Waals surface area contributed by atoms with E-state index in [1.165, 1.54) is 20.3 Å². The maximum Gasteiger partial charge on any atom is 0.298 e. The van der Waals surface area contributed by atoms with Crippen LogP contribution in [0.25, 0.3) is 0 Å². The van der Waals surface area contributed by atoms with E-state index in [1.54, 1.807) is 0 Å². The molecule has 1 aromatic rings. The van der Waals surface area contributed by atoms with Gasteiger partial charge in [-0.2, -0.15) is 0 Å². The van der Waals surface area contributed by atoms with Gasteiger partial charge in [-0.3, -0.25) is 14.9 Å². The molecule has 1 aromatic carbocycles. The Balaban J connectivity index is 3.61. The van der Waals surface area contributed by atoms with Gasteiger partial charge < -0.3 is 9.47 Å². The molecule has 0 aliphatic rings. The Hall–Kier alpha value is -1.63. The first-order valence-electron chi connectivity index (χ1n) is 4.10. The standard InChI is InChI=1S/C9H8BrNO5/c1-15-6-3-5(4-12)8(11(13)14)7(10)9(6)16-2/h3-4H,1-2H3. The second-order valence-electron chi connectivity index (χ2n) is 2.74. The van der Waals surface area contributed by atoms with Gasteiger partial charge in [-0.1, -0.05) is 0 Å². The minimum absolute atomic E-state index is 0.0745. The van der Waals surface area contributed by atoms with Gasteiger partial charge in [0.25, 0.3) is 5.69 Å². The van der Waals surface area contributed by atoms with Crippen molar-refractivity contribution in [1.29, 1.82) is 0 Å². The smallest absolute Gasteiger partial charge is 0.298 e. The van der Waals surface area contributed by atoms with Gasteiger partial charge in [-0.25, -0.2) is 0 Å².